The van der Waals surface area contributed by atoms with Crippen molar-refractivity contribution >= 4 is 28.7 Å². The van der Waals surface area contributed by atoms with Crippen LogP contribution in [0, 0.1) is 12.8 Å². The maximum Gasteiger partial charge on any atom is 0.233 e. The molecule has 202 valence electrons. The summed E-state index contributed by atoms with van der Waals surface area (Å²) < 4.78 is 0. The summed E-state index contributed by atoms with van der Waals surface area (Å²) >= 11 is 0. The fraction of sp³-hybridized carbons (Fsp3) is 0.375. The minimum Gasteiger partial charge on any atom is -0.366 e. The van der Waals surface area contributed by atoms with Crippen LogP contribution in [0.4, 0.5) is 17.1 Å². The molecule has 1 fully saturated rings. The highest BCUT2D eigenvalue weighted by Gasteiger charge is 2.33. The number of aryl methyl sites for hydroxylation is 1. The largest absolute Gasteiger partial charge is 0.366 e. The number of benzene rings is 3. The molecule has 0 spiro atoms. The lowest BCUT2D eigenvalue weighted by Gasteiger charge is -2.30. The van der Waals surface area contributed by atoms with E-state index in [0.29, 0.717) is 12.5 Å². The number of amides is 1. The monoisotopic (exact) mass is 522 g/mol. The Kier molecular flexibility index (Phi) is 7.61. The molecule has 0 aliphatic carbocycles. The highest BCUT2D eigenvalue weighted by molar-refractivity contribution is 5.99. The fourth-order valence-electron chi connectivity index (χ4n) is 6.04. The summed E-state index contributed by atoms with van der Waals surface area (Å²) in [6.07, 6.45) is 3.27. The van der Waals surface area contributed by atoms with E-state index in [1.807, 2.05) is 30.3 Å². The second kappa shape index (κ2) is 11.6. The lowest BCUT2D eigenvalue weighted by atomic mass is 9.92. The topological polar surface area (TPSA) is 80.8 Å². The molecular formula is C32H38N6O. The maximum absolute atomic E-state index is 13.6. The molecule has 7 nitrogen and oxygen atoms in total. The average molecular weight is 523 g/mol. The number of hydrogen-bond donors (Lipinski definition) is 4. The third kappa shape index (κ3) is 5.84. The number of hydrogen-bond acceptors (Lipinski definition) is 6. The summed E-state index contributed by atoms with van der Waals surface area (Å²) in [7, 11) is 0. The highest BCUT2D eigenvalue weighted by Crippen LogP contribution is 2.38. The van der Waals surface area contributed by atoms with Gasteiger partial charge >= 0.3 is 0 Å². The molecule has 3 unspecified atom stereocenters. The Bertz CT molecular complexity index is 1330. The van der Waals surface area contributed by atoms with E-state index in [1.54, 1.807) is 0 Å². The molecule has 3 aromatic rings. The SMILES string of the molecule is Cc1ccc(NC(=O)C2CN(Cc3ccccc3)c3ccccc32)cc1NC1N=C(C2CCCNC2)CCN1. The molecule has 3 heterocycles. The number of aliphatic imine (C=N–C) groups is 1. The second-order valence-electron chi connectivity index (χ2n) is 10.9. The first-order valence-electron chi connectivity index (χ1n) is 14.2. The van der Waals surface area contributed by atoms with Crippen molar-refractivity contribution in [2.75, 3.05) is 41.7 Å². The van der Waals surface area contributed by atoms with Crippen LogP contribution in [0.3, 0.4) is 0 Å². The summed E-state index contributed by atoms with van der Waals surface area (Å²) in [6, 6.07) is 24.8. The van der Waals surface area contributed by atoms with E-state index in [-0.39, 0.29) is 18.1 Å². The molecule has 3 aliphatic heterocycles. The van der Waals surface area contributed by atoms with E-state index >= 15 is 0 Å². The van der Waals surface area contributed by atoms with Crippen LogP contribution in [0.15, 0.2) is 77.8 Å². The maximum atomic E-state index is 13.6. The summed E-state index contributed by atoms with van der Waals surface area (Å²) in [5.74, 6) is 0.334. The van der Waals surface area contributed by atoms with E-state index in [2.05, 4.69) is 75.6 Å². The number of nitrogens with zero attached hydrogens (tertiary/aromatic N) is 2. The van der Waals surface area contributed by atoms with Crippen LogP contribution in [0.25, 0.3) is 0 Å². The van der Waals surface area contributed by atoms with E-state index in [1.165, 1.54) is 24.1 Å². The van der Waals surface area contributed by atoms with E-state index in [0.717, 1.165) is 60.8 Å². The number of anilines is 3. The molecule has 39 heavy (non-hydrogen) atoms. The van der Waals surface area contributed by atoms with Crippen molar-refractivity contribution < 1.29 is 4.79 Å². The molecule has 6 rings (SSSR count). The van der Waals surface area contributed by atoms with Gasteiger partial charge in [-0.05, 0) is 67.6 Å². The lowest BCUT2D eigenvalue weighted by molar-refractivity contribution is -0.117. The highest BCUT2D eigenvalue weighted by atomic mass is 16.2. The smallest absolute Gasteiger partial charge is 0.233 e. The molecule has 0 aromatic heterocycles. The van der Waals surface area contributed by atoms with Crippen molar-refractivity contribution in [3.63, 3.8) is 0 Å². The van der Waals surface area contributed by atoms with Crippen molar-refractivity contribution in [1.29, 1.82) is 0 Å². The van der Waals surface area contributed by atoms with Gasteiger partial charge in [-0.25, -0.2) is 0 Å². The number of rotatable bonds is 7. The minimum atomic E-state index is -0.223. The van der Waals surface area contributed by atoms with Gasteiger partial charge in [0.25, 0.3) is 0 Å². The molecular weight excluding hydrogens is 484 g/mol. The van der Waals surface area contributed by atoms with Crippen LogP contribution in [0.5, 0.6) is 0 Å². The molecule has 7 heteroatoms. The van der Waals surface area contributed by atoms with Crippen LogP contribution in [0.1, 0.15) is 41.9 Å². The van der Waals surface area contributed by atoms with Gasteiger partial charge in [-0.2, -0.15) is 0 Å². The van der Waals surface area contributed by atoms with Crippen LogP contribution < -0.4 is 26.2 Å². The summed E-state index contributed by atoms with van der Waals surface area (Å²) in [5.41, 5.74) is 7.67. The molecule has 3 aliphatic rings. The van der Waals surface area contributed by atoms with Gasteiger partial charge in [-0.15, -0.1) is 0 Å². The van der Waals surface area contributed by atoms with Gasteiger partial charge in [0, 0.05) is 54.9 Å². The van der Waals surface area contributed by atoms with Crippen LogP contribution in [-0.4, -0.2) is 44.1 Å². The van der Waals surface area contributed by atoms with E-state index < -0.39 is 0 Å². The van der Waals surface area contributed by atoms with Gasteiger partial charge in [0.1, 0.15) is 0 Å². The van der Waals surface area contributed by atoms with Crippen molar-refractivity contribution in [2.45, 2.75) is 44.9 Å². The number of fused-ring (bicyclic) bond motifs is 1. The van der Waals surface area contributed by atoms with Crippen molar-refractivity contribution in [3.8, 4) is 0 Å². The van der Waals surface area contributed by atoms with Crippen LogP contribution in [-0.2, 0) is 11.3 Å². The van der Waals surface area contributed by atoms with Gasteiger partial charge in [-0.1, -0.05) is 54.6 Å². The number of nitrogens with one attached hydrogen (secondary N) is 4. The Morgan fingerprint density at radius 2 is 1.90 bits per heavy atom. The number of carbonyl (C=O) groups is 1. The fourth-order valence-corrected chi connectivity index (χ4v) is 6.04. The minimum absolute atomic E-state index is 0.0220. The Hall–Kier alpha value is -3.68. The second-order valence-corrected chi connectivity index (χ2v) is 10.9. The van der Waals surface area contributed by atoms with Crippen LogP contribution >= 0.6 is 0 Å². The van der Waals surface area contributed by atoms with E-state index in [4.69, 9.17) is 4.99 Å². The first-order valence-corrected chi connectivity index (χ1v) is 14.2. The zero-order valence-corrected chi connectivity index (χ0v) is 22.6. The Balaban J connectivity index is 1.15. The summed E-state index contributed by atoms with van der Waals surface area (Å²) in [6.45, 7) is 6.59. The number of carbonyl (C=O) groups excluding carboxylic acids is 1. The van der Waals surface area contributed by atoms with E-state index in [9.17, 15) is 4.79 Å². The Morgan fingerprint density at radius 1 is 1.05 bits per heavy atom. The predicted octanol–water partition coefficient (Wildman–Crippen LogP) is 4.87. The molecule has 1 amide bonds. The third-order valence-corrected chi connectivity index (χ3v) is 8.17. The van der Waals surface area contributed by atoms with Gasteiger partial charge in [0.05, 0.1) is 5.92 Å². The zero-order chi connectivity index (χ0) is 26.6. The quantitative estimate of drug-likeness (QED) is 0.356. The van der Waals surface area contributed by atoms with Crippen LogP contribution in [0.2, 0.25) is 0 Å². The average Bonchev–Trinajstić information content (AvgIpc) is 3.34. The summed E-state index contributed by atoms with van der Waals surface area (Å²) in [4.78, 5) is 20.9. The van der Waals surface area contributed by atoms with Crippen molar-refractivity contribution in [3.05, 3.63) is 89.5 Å². The molecule has 3 aromatic carbocycles. The molecule has 4 N–H and O–H groups in total. The Labute approximate surface area is 231 Å². The molecule has 0 saturated carbocycles. The zero-order valence-electron chi connectivity index (χ0n) is 22.6. The van der Waals surface area contributed by atoms with Crippen molar-refractivity contribution in [2.24, 2.45) is 10.9 Å². The number of para-hydroxylation sites is 1. The third-order valence-electron chi connectivity index (χ3n) is 8.17. The Morgan fingerprint density at radius 3 is 2.74 bits per heavy atom. The molecule has 0 radical (unpaired) electrons. The first kappa shape index (κ1) is 25.6. The van der Waals surface area contributed by atoms with Gasteiger partial charge in [-0.3, -0.25) is 15.1 Å². The molecule has 1 saturated heterocycles. The normalized spacial score (nSPS) is 22.6. The first-order chi connectivity index (χ1) is 19.1. The number of piperidine rings is 1. The van der Waals surface area contributed by atoms with Gasteiger partial charge < -0.3 is 20.9 Å². The predicted molar refractivity (Wildman–Crippen MR) is 160 cm³/mol. The molecule has 3 atom stereocenters. The lowest BCUT2D eigenvalue weighted by Crippen LogP contribution is -2.44. The van der Waals surface area contributed by atoms with Gasteiger partial charge in [0.15, 0.2) is 6.29 Å². The standard InChI is InChI=1S/C32H38N6O/c1-22-13-14-25(18-29(22)37-32-34-17-15-28(36-32)24-10-7-16-33-19-24)35-31(39)27-21-38(20-23-8-3-2-4-9-23)30-12-6-5-11-26(27)30/h2-6,8-9,11-14,18,24,27,32-34,37H,7,10,15-17,19-21H2,1H3,(H,35,39). The molecule has 0 bridgehead atoms. The summed E-state index contributed by atoms with van der Waals surface area (Å²) in [5, 5.41) is 13.8. The van der Waals surface area contributed by atoms with Crippen molar-refractivity contribution in [1.82, 2.24) is 10.6 Å². The van der Waals surface area contributed by atoms with Gasteiger partial charge in [0.2, 0.25) is 5.91 Å².